The summed E-state index contributed by atoms with van der Waals surface area (Å²) in [6.07, 6.45) is -0.300. The number of nitrogen functional groups attached to an aromatic ring is 1. The molecule has 1 aromatic rings. The van der Waals surface area contributed by atoms with Crippen LogP contribution in [0.5, 0.6) is 0 Å². The fourth-order valence-electron chi connectivity index (χ4n) is 1.63. The molecule has 1 saturated heterocycles. The summed E-state index contributed by atoms with van der Waals surface area (Å²) in [4.78, 5) is 0. The van der Waals surface area contributed by atoms with Crippen molar-refractivity contribution in [2.24, 2.45) is 0 Å². The van der Waals surface area contributed by atoms with Gasteiger partial charge in [0.2, 0.25) is 0 Å². The fourth-order valence-corrected chi connectivity index (χ4v) is 1.63. The molecule has 0 bridgehead atoms. The Hall–Kier alpha value is -1.06. The van der Waals surface area contributed by atoms with Crippen LogP contribution in [0.15, 0.2) is 24.3 Å². The van der Waals surface area contributed by atoms with Crippen molar-refractivity contribution in [2.45, 2.75) is 45.2 Å². The number of nitrogens with two attached hydrogens (primary N) is 1. The van der Waals surface area contributed by atoms with Crippen LogP contribution < -0.4 is 5.73 Å². The minimum Gasteiger partial charge on any atom is -0.399 e. The molecule has 16 heavy (non-hydrogen) atoms. The topological polar surface area (TPSA) is 44.5 Å². The van der Waals surface area contributed by atoms with Crippen molar-refractivity contribution in [2.75, 3.05) is 5.73 Å². The smallest absolute Gasteiger partial charge is 0.185 e. The van der Waals surface area contributed by atoms with Crippen LogP contribution in [0.1, 0.15) is 39.5 Å². The van der Waals surface area contributed by atoms with Crippen LogP contribution in [-0.4, -0.2) is 11.2 Å². The van der Waals surface area contributed by atoms with Gasteiger partial charge in [0.1, 0.15) is 0 Å². The van der Waals surface area contributed by atoms with Crippen molar-refractivity contribution in [3.8, 4) is 0 Å². The Balaban J connectivity index is 2.23. The van der Waals surface area contributed by atoms with Gasteiger partial charge in [0.05, 0.1) is 11.2 Å². The number of hydrogen-bond acceptors (Lipinski definition) is 3. The lowest BCUT2D eigenvalue weighted by Crippen LogP contribution is -2.41. The van der Waals surface area contributed by atoms with E-state index < -0.39 is 0 Å². The molecule has 0 amide bonds. The highest BCUT2D eigenvalue weighted by Gasteiger charge is 2.49. The molecule has 0 radical (unpaired) electrons. The van der Waals surface area contributed by atoms with Crippen LogP contribution in [0.4, 0.5) is 5.69 Å². The summed E-state index contributed by atoms with van der Waals surface area (Å²) in [5.74, 6) is 0. The molecule has 0 spiro atoms. The first-order chi connectivity index (χ1) is 7.32. The lowest BCUT2D eigenvalue weighted by atomic mass is 9.90. The van der Waals surface area contributed by atoms with Crippen LogP contribution in [0.2, 0.25) is 0 Å². The Bertz CT molecular complexity index is 365. The van der Waals surface area contributed by atoms with Gasteiger partial charge in [-0.2, -0.15) is 0 Å². The number of hydrogen-bond donors (Lipinski definition) is 1. The number of rotatable bonds is 1. The Labute approximate surface area is 96.5 Å². The molecular formula is C13H19NO2. The summed E-state index contributed by atoms with van der Waals surface area (Å²) < 4.78 is 11.9. The number of anilines is 1. The molecule has 2 N–H and O–H groups in total. The summed E-state index contributed by atoms with van der Waals surface area (Å²) in [7, 11) is 0. The van der Waals surface area contributed by atoms with E-state index in [1.807, 2.05) is 52.0 Å². The summed E-state index contributed by atoms with van der Waals surface area (Å²) in [5, 5.41) is 0. The zero-order valence-electron chi connectivity index (χ0n) is 10.3. The molecule has 1 aliphatic heterocycles. The Morgan fingerprint density at radius 1 is 0.938 bits per heavy atom. The van der Waals surface area contributed by atoms with E-state index in [0.29, 0.717) is 0 Å². The van der Waals surface area contributed by atoms with Gasteiger partial charge in [0.15, 0.2) is 6.29 Å². The van der Waals surface area contributed by atoms with Crippen LogP contribution >= 0.6 is 0 Å². The van der Waals surface area contributed by atoms with Crippen LogP contribution in [-0.2, 0) is 9.47 Å². The molecular weight excluding hydrogens is 202 g/mol. The maximum absolute atomic E-state index is 5.93. The van der Waals surface area contributed by atoms with Crippen molar-refractivity contribution in [1.29, 1.82) is 0 Å². The Morgan fingerprint density at radius 3 is 1.81 bits per heavy atom. The zero-order valence-corrected chi connectivity index (χ0v) is 10.3. The molecule has 3 nitrogen and oxygen atoms in total. The van der Waals surface area contributed by atoms with Gasteiger partial charge in [-0.1, -0.05) is 12.1 Å². The molecule has 1 aromatic carbocycles. The third-order valence-electron chi connectivity index (χ3n) is 3.46. The van der Waals surface area contributed by atoms with Gasteiger partial charge in [-0.15, -0.1) is 0 Å². The molecule has 0 aromatic heterocycles. The second-order valence-corrected chi connectivity index (χ2v) is 5.25. The lowest BCUT2D eigenvalue weighted by molar-refractivity contribution is -0.0895. The minimum absolute atomic E-state index is 0.293. The largest absolute Gasteiger partial charge is 0.399 e. The van der Waals surface area contributed by atoms with Gasteiger partial charge in [0.25, 0.3) is 0 Å². The average Bonchev–Trinajstić information content (AvgIpc) is 2.37. The molecule has 1 heterocycles. The third-order valence-corrected chi connectivity index (χ3v) is 3.46. The average molecular weight is 221 g/mol. The van der Waals surface area contributed by atoms with E-state index in [2.05, 4.69) is 0 Å². The molecule has 0 unspecified atom stereocenters. The Morgan fingerprint density at radius 2 is 1.38 bits per heavy atom. The summed E-state index contributed by atoms with van der Waals surface area (Å²) in [6.45, 7) is 8.18. The molecule has 3 heteroatoms. The molecule has 1 fully saturated rings. The van der Waals surface area contributed by atoms with E-state index in [1.165, 1.54) is 0 Å². The normalized spacial score (nSPS) is 23.5. The lowest BCUT2D eigenvalue weighted by Gasteiger charge is -2.30. The Kier molecular flexibility index (Phi) is 2.48. The van der Waals surface area contributed by atoms with Gasteiger partial charge in [-0.3, -0.25) is 0 Å². The van der Waals surface area contributed by atoms with E-state index in [0.717, 1.165) is 11.3 Å². The standard InChI is InChI=1S/C13H19NO2/c1-12(2)13(3,4)16-11(15-12)9-5-7-10(14)8-6-9/h5-8,11H,14H2,1-4H3. The second-order valence-electron chi connectivity index (χ2n) is 5.25. The summed E-state index contributed by atoms with van der Waals surface area (Å²) in [6, 6.07) is 7.61. The highest BCUT2D eigenvalue weighted by Crippen LogP contribution is 2.44. The first-order valence-corrected chi connectivity index (χ1v) is 5.53. The van der Waals surface area contributed by atoms with Crippen molar-refractivity contribution < 1.29 is 9.47 Å². The van der Waals surface area contributed by atoms with Gasteiger partial charge in [0, 0.05) is 11.3 Å². The molecule has 1 aliphatic rings. The van der Waals surface area contributed by atoms with Crippen LogP contribution in [0.25, 0.3) is 0 Å². The SMILES string of the molecule is CC1(C)OC(c2ccc(N)cc2)OC1(C)C. The van der Waals surface area contributed by atoms with Crippen LogP contribution in [0, 0.1) is 0 Å². The van der Waals surface area contributed by atoms with Crippen molar-refractivity contribution in [1.82, 2.24) is 0 Å². The van der Waals surface area contributed by atoms with E-state index >= 15 is 0 Å². The fraction of sp³-hybridized carbons (Fsp3) is 0.538. The van der Waals surface area contributed by atoms with E-state index in [9.17, 15) is 0 Å². The van der Waals surface area contributed by atoms with E-state index in [1.54, 1.807) is 0 Å². The first kappa shape index (κ1) is 11.4. The quantitative estimate of drug-likeness (QED) is 0.742. The van der Waals surface area contributed by atoms with Crippen molar-refractivity contribution in [3.05, 3.63) is 29.8 Å². The minimum atomic E-state index is -0.300. The van der Waals surface area contributed by atoms with Crippen molar-refractivity contribution >= 4 is 5.69 Å². The molecule has 88 valence electrons. The monoisotopic (exact) mass is 221 g/mol. The van der Waals surface area contributed by atoms with Crippen LogP contribution in [0.3, 0.4) is 0 Å². The molecule has 2 rings (SSSR count). The number of benzene rings is 1. The van der Waals surface area contributed by atoms with E-state index in [4.69, 9.17) is 15.2 Å². The first-order valence-electron chi connectivity index (χ1n) is 5.53. The highest BCUT2D eigenvalue weighted by atomic mass is 16.7. The van der Waals surface area contributed by atoms with E-state index in [-0.39, 0.29) is 17.5 Å². The second kappa shape index (κ2) is 3.47. The third kappa shape index (κ3) is 1.81. The van der Waals surface area contributed by atoms with Crippen molar-refractivity contribution in [3.63, 3.8) is 0 Å². The summed E-state index contributed by atoms with van der Waals surface area (Å²) in [5.41, 5.74) is 6.82. The predicted molar refractivity (Wildman–Crippen MR) is 63.9 cm³/mol. The molecule has 0 saturated carbocycles. The highest BCUT2D eigenvalue weighted by molar-refractivity contribution is 5.39. The van der Waals surface area contributed by atoms with Gasteiger partial charge < -0.3 is 15.2 Å². The maximum Gasteiger partial charge on any atom is 0.185 e. The molecule has 0 atom stereocenters. The van der Waals surface area contributed by atoms with Gasteiger partial charge in [-0.05, 0) is 39.8 Å². The maximum atomic E-state index is 5.93. The summed E-state index contributed by atoms with van der Waals surface area (Å²) >= 11 is 0. The number of ether oxygens (including phenoxy) is 2. The van der Waals surface area contributed by atoms with Gasteiger partial charge in [-0.25, -0.2) is 0 Å². The van der Waals surface area contributed by atoms with Gasteiger partial charge >= 0.3 is 0 Å². The molecule has 0 aliphatic carbocycles. The predicted octanol–water partition coefficient (Wildman–Crippen LogP) is 2.87. The zero-order chi connectivity index (χ0) is 12.0.